The van der Waals surface area contributed by atoms with E-state index in [1.165, 1.54) is 11.8 Å². The van der Waals surface area contributed by atoms with Gasteiger partial charge >= 0.3 is 0 Å². The van der Waals surface area contributed by atoms with Crippen molar-refractivity contribution in [2.24, 2.45) is 4.99 Å². The van der Waals surface area contributed by atoms with Crippen molar-refractivity contribution in [2.75, 3.05) is 27.4 Å². The van der Waals surface area contributed by atoms with E-state index in [9.17, 15) is 4.79 Å². The quantitative estimate of drug-likeness (QED) is 0.602. The molecular weight excluding hydrogens is 428 g/mol. The molecule has 1 amide bonds. The maximum atomic E-state index is 12.9. The Morgan fingerprint density at radius 2 is 1.96 bits per heavy atom. The van der Waals surface area contributed by atoms with Gasteiger partial charge in [-0.1, -0.05) is 34.1 Å². The number of para-hydroxylation sites is 1. The molecular formula is C20H19BrN2O3S. The van der Waals surface area contributed by atoms with Gasteiger partial charge in [-0.05, 0) is 48.2 Å². The molecule has 1 aliphatic heterocycles. The number of aliphatic imine (C=N–C) groups is 1. The number of hydrogen-bond donors (Lipinski definition) is 0. The number of hydrogen-bond acceptors (Lipinski definition) is 5. The highest BCUT2D eigenvalue weighted by Gasteiger charge is 2.33. The number of amidine groups is 1. The molecule has 0 spiro atoms. The fourth-order valence-corrected chi connectivity index (χ4v) is 3.94. The number of halogens is 1. The molecule has 0 bridgehead atoms. The lowest BCUT2D eigenvalue weighted by atomic mass is 10.2. The van der Waals surface area contributed by atoms with Crippen LogP contribution in [0.3, 0.4) is 0 Å². The molecule has 2 aromatic rings. The van der Waals surface area contributed by atoms with Crippen LogP contribution in [0.15, 0.2) is 62.9 Å². The molecule has 0 N–H and O–H groups in total. The van der Waals surface area contributed by atoms with Crippen molar-refractivity contribution in [3.63, 3.8) is 0 Å². The van der Waals surface area contributed by atoms with Crippen molar-refractivity contribution in [2.45, 2.75) is 0 Å². The van der Waals surface area contributed by atoms with Crippen molar-refractivity contribution < 1.29 is 14.3 Å². The third-order valence-corrected chi connectivity index (χ3v) is 5.37. The summed E-state index contributed by atoms with van der Waals surface area (Å²) in [6.07, 6.45) is 1.84. The zero-order valence-corrected chi connectivity index (χ0v) is 17.4. The zero-order chi connectivity index (χ0) is 19.2. The van der Waals surface area contributed by atoms with Crippen LogP contribution in [0.1, 0.15) is 5.56 Å². The van der Waals surface area contributed by atoms with Crippen molar-refractivity contribution in [3.8, 4) is 5.75 Å². The Labute approximate surface area is 171 Å². The van der Waals surface area contributed by atoms with Gasteiger partial charge in [-0.3, -0.25) is 9.69 Å². The van der Waals surface area contributed by atoms with Crippen LogP contribution in [0.2, 0.25) is 0 Å². The van der Waals surface area contributed by atoms with Crippen LogP contribution in [-0.4, -0.2) is 43.3 Å². The third kappa shape index (κ3) is 4.80. The van der Waals surface area contributed by atoms with Crippen LogP contribution in [0.4, 0.5) is 5.69 Å². The number of ether oxygens (including phenoxy) is 2. The summed E-state index contributed by atoms with van der Waals surface area (Å²) in [5.74, 6) is 0.616. The fourth-order valence-electron chi connectivity index (χ4n) is 2.54. The second-order valence-electron chi connectivity index (χ2n) is 5.68. The van der Waals surface area contributed by atoms with Crippen LogP contribution < -0.4 is 4.74 Å². The molecule has 5 nitrogen and oxygen atoms in total. The molecule has 27 heavy (non-hydrogen) atoms. The lowest BCUT2D eigenvalue weighted by Crippen LogP contribution is -2.32. The van der Waals surface area contributed by atoms with Gasteiger partial charge in [0.1, 0.15) is 5.75 Å². The van der Waals surface area contributed by atoms with E-state index in [-0.39, 0.29) is 5.91 Å². The summed E-state index contributed by atoms with van der Waals surface area (Å²) in [5.41, 5.74) is 1.63. The molecule has 1 heterocycles. The lowest BCUT2D eigenvalue weighted by molar-refractivity contribution is -0.122. The van der Waals surface area contributed by atoms with Crippen molar-refractivity contribution in [1.82, 2.24) is 4.90 Å². The van der Waals surface area contributed by atoms with Crippen molar-refractivity contribution in [1.29, 1.82) is 0 Å². The standard InChI is InChI=1S/C20H19BrN2O3S/c1-25-11-10-23-19(24)18(13-14-12-15(21)8-9-17(14)26-2)27-20(23)22-16-6-4-3-5-7-16/h3-9,12-13H,10-11H2,1-2H3/b18-13+,22-20?. The third-order valence-electron chi connectivity index (χ3n) is 3.87. The minimum Gasteiger partial charge on any atom is -0.496 e. The van der Waals surface area contributed by atoms with E-state index in [2.05, 4.69) is 20.9 Å². The van der Waals surface area contributed by atoms with E-state index >= 15 is 0 Å². The average Bonchev–Trinajstić information content (AvgIpc) is 2.95. The van der Waals surface area contributed by atoms with E-state index < -0.39 is 0 Å². The van der Waals surface area contributed by atoms with Gasteiger partial charge in [-0.25, -0.2) is 4.99 Å². The molecule has 7 heteroatoms. The number of carbonyl (C=O) groups excluding carboxylic acids is 1. The van der Waals surface area contributed by atoms with E-state index in [1.54, 1.807) is 19.1 Å². The number of nitrogens with zero attached hydrogens (tertiary/aromatic N) is 2. The SMILES string of the molecule is COCCN1C(=O)/C(=C\c2cc(Br)ccc2OC)SC1=Nc1ccccc1. The predicted octanol–water partition coefficient (Wildman–Crippen LogP) is 4.71. The van der Waals surface area contributed by atoms with Crippen LogP contribution in [0.5, 0.6) is 5.75 Å². The van der Waals surface area contributed by atoms with Crippen LogP contribution in [0.25, 0.3) is 6.08 Å². The van der Waals surface area contributed by atoms with Gasteiger partial charge in [0.05, 0.1) is 30.9 Å². The molecule has 0 atom stereocenters. The summed E-state index contributed by atoms with van der Waals surface area (Å²) in [6.45, 7) is 0.883. The van der Waals surface area contributed by atoms with Gasteiger partial charge < -0.3 is 9.47 Å². The summed E-state index contributed by atoms with van der Waals surface area (Å²) in [7, 11) is 3.23. The van der Waals surface area contributed by atoms with Crippen molar-refractivity contribution >= 4 is 50.5 Å². The highest BCUT2D eigenvalue weighted by molar-refractivity contribution is 9.10. The number of amides is 1. The summed E-state index contributed by atoms with van der Waals surface area (Å²) >= 11 is 4.82. The van der Waals surface area contributed by atoms with Gasteiger partial charge in [0.25, 0.3) is 5.91 Å². The monoisotopic (exact) mass is 446 g/mol. The number of thioether (sulfide) groups is 1. The van der Waals surface area contributed by atoms with E-state index in [4.69, 9.17) is 9.47 Å². The van der Waals surface area contributed by atoms with Gasteiger partial charge in [0.15, 0.2) is 5.17 Å². The minimum absolute atomic E-state index is 0.0891. The molecule has 0 unspecified atom stereocenters. The molecule has 140 valence electrons. The number of benzene rings is 2. The Morgan fingerprint density at radius 1 is 1.19 bits per heavy atom. The van der Waals surface area contributed by atoms with Gasteiger partial charge in [0.2, 0.25) is 0 Å². The molecule has 1 fully saturated rings. The number of methoxy groups -OCH3 is 2. The summed E-state index contributed by atoms with van der Waals surface area (Å²) in [5, 5.41) is 0.642. The first-order valence-corrected chi connectivity index (χ1v) is 9.91. The van der Waals surface area contributed by atoms with Crippen molar-refractivity contribution in [3.05, 3.63) is 63.5 Å². The largest absolute Gasteiger partial charge is 0.496 e. The topological polar surface area (TPSA) is 51.1 Å². The predicted molar refractivity (Wildman–Crippen MR) is 113 cm³/mol. The molecule has 0 saturated carbocycles. The molecule has 0 aromatic heterocycles. The Morgan fingerprint density at radius 3 is 2.67 bits per heavy atom. The van der Waals surface area contributed by atoms with Gasteiger partial charge in [-0.2, -0.15) is 0 Å². The highest BCUT2D eigenvalue weighted by atomic mass is 79.9. The lowest BCUT2D eigenvalue weighted by Gasteiger charge is -2.14. The Bertz CT molecular complexity index is 884. The van der Waals surface area contributed by atoms with Gasteiger partial charge in [0, 0.05) is 17.1 Å². The van der Waals surface area contributed by atoms with Gasteiger partial charge in [-0.15, -0.1) is 0 Å². The molecule has 3 rings (SSSR count). The van der Waals surface area contributed by atoms with Crippen LogP contribution in [0, 0.1) is 0 Å². The Balaban J connectivity index is 1.97. The summed E-state index contributed by atoms with van der Waals surface area (Å²) < 4.78 is 11.5. The highest BCUT2D eigenvalue weighted by Crippen LogP contribution is 2.36. The fraction of sp³-hybridized carbons (Fsp3) is 0.200. The molecule has 0 aliphatic carbocycles. The second-order valence-corrected chi connectivity index (χ2v) is 7.60. The molecule has 0 radical (unpaired) electrons. The summed E-state index contributed by atoms with van der Waals surface area (Å²) in [4.78, 5) is 19.8. The molecule has 2 aromatic carbocycles. The van der Waals surface area contributed by atoms with E-state index in [0.29, 0.717) is 29.0 Å². The van der Waals surface area contributed by atoms with E-state index in [1.807, 2.05) is 54.6 Å². The maximum absolute atomic E-state index is 12.9. The smallest absolute Gasteiger partial charge is 0.266 e. The first-order valence-electron chi connectivity index (χ1n) is 8.30. The first kappa shape index (κ1) is 19.7. The average molecular weight is 447 g/mol. The van der Waals surface area contributed by atoms with E-state index in [0.717, 1.165) is 15.7 Å². The Hall–Kier alpha value is -2.09. The Kier molecular flexibility index (Phi) is 6.71. The second kappa shape index (κ2) is 9.21. The number of carbonyl (C=O) groups is 1. The van der Waals surface area contributed by atoms with Crippen LogP contribution >= 0.6 is 27.7 Å². The number of rotatable bonds is 6. The van der Waals surface area contributed by atoms with Crippen LogP contribution in [-0.2, 0) is 9.53 Å². The zero-order valence-electron chi connectivity index (χ0n) is 15.0. The first-order chi connectivity index (χ1) is 13.1. The molecule has 1 saturated heterocycles. The molecule has 1 aliphatic rings. The minimum atomic E-state index is -0.0891. The maximum Gasteiger partial charge on any atom is 0.266 e. The normalized spacial score (nSPS) is 17.1. The summed E-state index contributed by atoms with van der Waals surface area (Å²) in [6, 6.07) is 15.3.